The molecule has 0 radical (unpaired) electrons. The van der Waals surface area contributed by atoms with Gasteiger partial charge in [-0.2, -0.15) is 0 Å². The van der Waals surface area contributed by atoms with Gasteiger partial charge in [-0.25, -0.2) is 0 Å². The number of hydrogen-bond acceptors (Lipinski definition) is 3. The summed E-state index contributed by atoms with van der Waals surface area (Å²) < 4.78 is 5.14. The number of rotatable bonds is 6. The molecule has 1 aliphatic rings. The van der Waals surface area contributed by atoms with Gasteiger partial charge in [-0.1, -0.05) is 30.3 Å². The molecule has 0 heterocycles. The monoisotopic (exact) mass is 234 g/mol. The SMILES string of the molecule is O=C(CCCC1(O)CC1)OCc1ccccc1. The van der Waals surface area contributed by atoms with Gasteiger partial charge in [-0.05, 0) is 31.2 Å². The van der Waals surface area contributed by atoms with Crippen LogP contribution in [0.25, 0.3) is 0 Å². The summed E-state index contributed by atoms with van der Waals surface area (Å²) in [6.07, 6.45) is 3.59. The molecule has 17 heavy (non-hydrogen) atoms. The highest BCUT2D eigenvalue weighted by molar-refractivity contribution is 5.69. The molecule has 1 aliphatic carbocycles. The van der Waals surface area contributed by atoms with E-state index in [9.17, 15) is 9.90 Å². The van der Waals surface area contributed by atoms with Crippen LogP contribution >= 0.6 is 0 Å². The summed E-state index contributed by atoms with van der Waals surface area (Å²) in [5, 5.41) is 9.60. The molecule has 0 unspecified atom stereocenters. The average molecular weight is 234 g/mol. The van der Waals surface area contributed by atoms with E-state index in [1.165, 1.54) is 0 Å². The topological polar surface area (TPSA) is 46.5 Å². The Bertz CT molecular complexity index is 368. The molecule has 1 saturated carbocycles. The number of aliphatic hydroxyl groups is 1. The Morgan fingerprint density at radius 1 is 1.29 bits per heavy atom. The molecule has 1 aromatic carbocycles. The van der Waals surface area contributed by atoms with Crippen LogP contribution in [-0.2, 0) is 16.1 Å². The summed E-state index contributed by atoms with van der Waals surface area (Å²) in [5.41, 5.74) is 0.543. The van der Waals surface area contributed by atoms with Gasteiger partial charge in [0.15, 0.2) is 0 Å². The molecule has 0 spiro atoms. The third kappa shape index (κ3) is 4.19. The van der Waals surface area contributed by atoms with Crippen molar-refractivity contribution in [3.8, 4) is 0 Å². The normalized spacial score (nSPS) is 16.5. The molecule has 92 valence electrons. The Morgan fingerprint density at radius 3 is 2.65 bits per heavy atom. The van der Waals surface area contributed by atoms with Crippen LogP contribution in [0.4, 0.5) is 0 Å². The van der Waals surface area contributed by atoms with Crippen molar-refractivity contribution in [2.75, 3.05) is 0 Å². The van der Waals surface area contributed by atoms with Crippen LogP contribution in [0.15, 0.2) is 30.3 Å². The maximum Gasteiger partial charge on any atom is 0.306 e. The average Bonchev–Trinajstić information content (AvgIpc) is 3.06. The first-order chi connectivity index (χ1) is 8.18. The van der Waals surface area contributed by atoms with E-state index in [1.54, 1.807) is 0 Å². The summed E-state index contributed by atoms with van der Waals surface area (Å²) >= 11 is 0. The fraction of sp³-hybridized carbons (Fsp3) is 0.500. The lowest BCUT2D eigenvalue weighted by molar-refractivity contribution is -0.145. The molecule has 3 heteroatoms. The van der Waals surface area contributed by atoms with E-state index in [0.29, 0.717) is 25.9 Å². The van der Waals surface area contributed by atoms with E-state index in [-0.39, 0.29) is 5.97 Å². The van der Waals surface area contributed by atoms with E-state index in [0.717, 1.165) is 18.4 Å². The van der Waals surface area contributed by atoms with E-state index in [2.05, 4.69) is 0 Å². The van der Waals surface area contributed by atoms with Crippen molar-refractivity contribution in [1.29, 1.82) is 0 Å². The highest BCUT2D eigenvalue weighted by atomic mass is 16.5. The molecule has 0 aliphatic heterocycles. The molecule has 2 rings (SSSR count). The van der Waals surface area contributed by atoms with Crippen LogP contribution in [0.5, 0.6) is 0 Å². The largest absolute Gasteiger partial charge is 0.461 e. The summed E-state index contributed by atoms with van der Waals surface area (Å²) in [6.45, 7) is 0.337. The van der Waals surface area contributed by atoms with Gasteiger partial charge in [0.2, 0.25) is 0 Å². The van der Waals surface area contributed by atoms with Crippen LogP contribution in [0.3, 0.4) is 0 Å². The number of carbonyl (C=O) groups excluding carboxylic acids is 1. The van der Waals surface area contributed by atoms with Crippen molar-refractivity contribution in [2.45, 2.75) is 44.3 Å². The smallest absolute Gasteiger partial charge is 0.306 e. The molecule has 1 N–H and O–H groups in total. The van der Waals surface area contributed by atoms with Gasteiger partial charge < -0.3 is 9.84 Å². The van der Waals surface area contributed by atoms with E-state index >= 15 is 0 Å². The molecule has 0 saturated heterocycles. The van der Waals surface area contributed by atoms with Crippen molar-refractivity contribution in [2.24, 2.45) is 0 Å². The standard InChI is InChI=1S/C14H18O3/c15-13(7-4-8-14(16)9-10-14)17-11-12-5-2-1-3-6-12/h1-3,5-6,16H,4,7-11H2. The fourth-order valence-electron chi connectivity index (χ4n) is 1.77. The molecule has 0 amide bonds. The minimum atomic E-state index is -0.459. The van der Waals surface area contributed by atoms with Crippen molar-refractivity contribution in [3.63, 3.8) is 0 Å². The number of ether oxygens (including phenoxy) is 1. The first-order valence-electron chi connectivity index (χ1n) is 6.10. The molecular formula is C14H18O3. The summed E-state index contributed by atoms with van der Waals surface area (Å²) in [7, 11) is 0. The third-order valence-electron chi connectivity index (χ3n) is 3.09. The lowest BCUT2D eigenvalue weighted by Crippen LogP contribution is -2.09. The predicted molar refractivity (Wildman–Crippen MR) is 64.3 cm³/mol. The Labute approximate surface area is 101 Å². The zero-order valence-corrected chi connectivity index (χ0v) is 9.89. The van der Waals surface area contributed by atoms with E-state index < -0.39 is 5.60 Å². The molecule has 1 fully saturated rings. The van der Waals surface area contributed by atoms with Crippen molar-refractivity contribution in [1.82, 2.24) is 0 Å². The predicted octanol–water partition coefficient (Wildman–Crippen LogP) is 2.43. The maximum atomic E-state index is 11.4. The highest BCUT2D eigenvalue weighted by Gasteiger charge is 2.39. The first-order valence-corrected chi connectivity index (χ1v) is 6.10. The lowest BCUT2D eigenvalue weighted by Gasteiger charge is -2.07. The van der Waals surface area contributed by atoms with E-state index in [4.69, 9.17) is 4.74 Å². The van der Waals surface area contributed by atoms with Gasteiger partial charge in [0, 0.05) is 6.42 Å². The van der Waals surface area contributed by atoms with Gasteiger partial charge in [0.05, 0.1) is 5.60 Å². The highest BCUT2D eigenvalue weighted by Crippen LogP contribution is 2.39. The maximum absolute atomic E-state index is 11.4. The summed E-state index contributed by atoms with van der Waals surface area (Å²) in [5.74, 6) is -0.182. The molecule has 1 aromatic rings. The van der Waals surface area contributed by atoms with Crippen LogP contribution in [0.1, 0.15) is 37.7 Å². The quantitative estimate of drug-likeness (QED) is 0.769. The second kappa shape index (κ2) is 5.32. The minimum Gasteiger partial charge on any atom is -0.461 e. The summed E-state index contributed by atoms with van der Waals surface area (Å²) in [4.78, 5) is 11.4. The third-order valence-corrected chi connectivity index (χ3v) is 3.09. The van der Waals surface area contributed by atoms with Crippen LogP contribution in [0, 0.1) is 0 Å². The molecular weight excluding hydrogens is 216 g/mol. The van der Waals surface area contributed by atoms with Crippen LogP contribution < -0.4 is 0 Å². The zero-order valence-electron chi connectivity index (χ0n) is 9.89. The molecule has 0 aromatic heterocycles. The van der Waals surface area contributed by atoms with Gasteiger partial charge in [-0.3, -0.25) is 4.79 Å². The second-order valence-electron chi connectivity index (χ2n) is 4.72. The lowest BCUT2D eigenvalue weighted by atomic mass is 10.1. The number of carbonyl (C=O) groups is 1. The molecule has 0 bridgehead atoms. The van der Waals surface area contributed by atoms with Gasteiger partial charge in [0.25, 0.3) is 0 Å². The van der Waals surface area contributed by atoms with Gasteiger partial charge in [-0.15, -0.1) is 0 Å². The van der Waals surface area contributed by atoms with Crippen molar-refractivity contribution in [3.05, 3.63) is 35.9 Å². The van der Waals surface area contributed by atoms with Crippen molar-refractivity contribution >= 4 is 5.97 Å². The Hall–Kier alpha value is -1.35. The molecule has 3 nitrogen and oxygen atoms in total. The number of esters is 1. The number of benzene rings is 1. The zero-order chi connectivity index (χ0) is 12.1. The number of hydrogen-bond donors (Lipinski definition) is 1. The minimum absolute atomic E-state index is 0.182. The fourth-order valence-corrected chi connectivity index (χ4v) is 1.77. The van der Waals surface area contributed by atoms with Gasteiger partial charge in [0.1, 0.15) is 6.61 Å². The molecule has 0 atom stereocenters. The Kier molecular flexibility index (Phi) is 3.79. The van der Waals surface area contributed by atoms with Crippen molar-refractivity contribution < 1.29 is 14.6 Å². The second-order valence-corrected chi connectivity index (χ2v) is 4.72. The van der Waals surface area contributed by atoms with Gasteiger partial charge >= 0.3 is 5.97 Å². The van der Waals surface area contributed by atoms with Crippen LogP contribution in [-0.4, -0.2) is 16.7 Å². The summed E-state index contributed by atoms with van der Waals surface area (Å²) in [6, 6.07) is 9.64. The Morgan fingerprint density at radius 2 is 2.00 bits per heavy atom. The van der Waals surface area contributed by atoms with E-state index in [1.807, 2.05) is 30.3 Å². The van der Waals surface area contributed by atoms with Crippen LogP contribution in [0.2, 0.25) is 0 Å². The first kappa shape index (κ1) is 12.1. The Balaban J connectivity index is 1.61.